The van der Waals surface area contributed by atoms with Crippen LogP contribution in [-0.2, 0) is 4.79 Å². The first-order valence-corrected chi connectivity index (χ1v) is 6.36. The third kappa shape index (κ3) is 2.38. The lowest BCUT2D eigenvalue weighted by atomic mass is 9.96. The fraction of sp³-hybridized carbons (Fsp3) is 0.214. The van der Waals surface area contributed by atoms with Gasteiger partial charge in [-0.2, -0.15) is 4.68 Å². The molecule has 7 heteroatoms. The molecule has 2 aromatic rings. The zero-order chi connectivity index (χ0) is 14.3. The van der Waals surface area contributed by atoms with Crippen LogP contribution in [0.4, 0.5) is 11.6 Å². The van der Waals surface area contributed by atoms with E-state index in [0.29, 0.717) is 23.6 Å². The number of nitrogens with two attached hydrogens (primary N) is 1. The number of fused-ring (bicyclic) bond motifs is 1. The van der Waals surface area contributed by atoms with Crippen molar-refractivity contribution in [2.75, 3.05) is 11.1 Å². The van der Waals surface area contributed by atoms with Gasteiger partial charge in [-0.1, -0.05) is 25.1 Å². The molecule has 1 aliphatic rings. The largest absolute Gasteiger partial charge is 0.412 e. The van der Waals surface area contributed by atoms with Gasteiger partial charge in [-0.3, -0.25) is 9.59 Å². The molecular formula is C14H16N4O3. The Balaban J connectivity index is 0.00000161. The lowest BCUT2D eigenvalue weighted by Crippen LogP contribution is -2.21. The molecule has 5 N–H and O–H groups in total. The number of carbonyl (C=O) groups excluding carboxylic acids is 2. The molecule has 0 bridgehead atoms. The third-order valence-corrected chi connectivity index (χ3v) is 3.41. The van der Waals surface area contributed by atoms with Crippen molar-refractivity contribution in [3.8, 4) is 0 Å². The summed E-state index contributed by atoms with van der Waals surface area (Å²) in [6, 6.07) is 8.78. The molecule has 1 aromatic heterocycles. The number of amides is 1. The fourth-order valence-corrected chi connectivity index (χ4v) is 2.44. The molecule has 1 aliphatic heterocycles. The van der Waals surface area contributed by atoms with E-state index in [1.165, 1.54) is 0 Å². The van der Waals surface area contributed by atoms with Crippen LogP contribution in [0.2, 0.25) is 0 Å². The number of nitrogens with zero attached hydrogens (tertiary/aromatic N) is 2. The van der Waals surface area contributed by atoms with Gasteiger partial charge >= 0.3 is 0 Å². The highest BCUT2D eigenvalue weighted by molar-refractivity contribution is 6.00. The van der Waals surface area contributed by atoms with Gasteiger partial charge in [0.2, 0.25) is 5.91 Å². The highest BCUT2D eigenvalue weighted by Crippen LogP contribution is 2.35. The number of nitrogen functional groups attached to an aromatic ring is 1. The van der Waals surface area contributed by atoms with Crippen LogP contribution in [0.15, 0.2) is 30.3 Å². The van der Waals surface area contributed by atoms with Crippen LogP contribution in [0, 0.1) is 0 Å². The average Bonchev–Trinajstić information content (AvgIpc) is 2.76. The Bertz CT molecular complexity index is 694. The molecule has 0 fully saturated rings. The highest BCUT2D eigenvalue weighted by Gasteiger charge is 2.30. The van der Waals surface area contributed by atoms with E-state index in [9.17, 15) is 9.59 Å². The second kappa shape index (κ2) is 5.37. The standard InChI is InChI=1S/C14H14N4O2.H2O/c1-8-7-10(19)16-13-11(8)12(15)18(17-13)14(20)9-5-3-2-4-6-9;/h2-6,8H,7,15H2,1H3,(H,16,17,19);1H2/t8-;/m1./s1. The van der Waals surface area contributed by atoms with Crippen molar-refractivity contribution < 1.29 is 15.1 Å². The van der Waals surface area contributed by atoms with Gasteiger partial charge in [0, 0.05) is 17.5 Å². The summed E-state index contributed by atoms with van der Waals surface area (Å²) in [4.78, 5) is 23.9. The maximum absolute atomic E-state index is 12.4. The molecular weight excluding hydrogens is 272 g/mol. The summed E-state index contributed by atoms with van der Waals surface area (Å²) >= 11 is 0. The molecule has 3 rings (SSSR count). The summed E-state index contributed by atoms with van der Waals surface area (Å²) in [5.41, 5.74) is 7.26. The zero-order valence-electron chi connectivity index (χ0n) is 11.5. The van der Waals surface area contributed by atoms with Crippen LogP contribution in [0.3, 0.4) is 0 Å². The molecule has 110 valence electrons. The maximum atomic E-state index is 12.4. The van der Waals surface area contributed by atoms with E-state index in [0.717, 1.165) is 10.2 Å². The van der Waals surface area contributed by atoms with E-state index in [2.05, 4.69) is 10.4 Å². The first kappa shape index (κ1) is 14.7. The van der Waals surface area contributed by atoms with Crippen molar-refractivity contribution in [1.82, 2.24) is 9.78 Å². The minimum atomic E-state index is -0.307. The third-order valence-electron chi connectivity index (χ3n) is 3.41. The molecule has 0 spiro atoms. The number of nitrogens with one attached hydrogen (secondary N) is 1. The van der Waals surface area contributed by atoms with Gasteiger partial charge in [-0.25, -0.2) is 0 Å². The monoisotopic (exact) mass is 288 g/mol. The molecule has 0 radical (unpaired) electrons. The van der Waals surface area contributed by atoms with Gasteiger partial charge in [0.05, 0.1) is 0 Å². The maximum Gasteiger partial charge on any atom is 0.280 e. The van der Waals surface area contributed by atoms with Gasteiger partial charge in [0.25, 0.3) is 5.91 Å². The number of anilines is 2. The van der Waals surface area contributed by atoms with Crippen LogP contribution in [0.5, 0.6) is 0 Å². The minimum absolute atomic E-state index is 0. The molecule has 2 heterocycles. The van der Waals surface area contributed by atoms with Crippen LogP contribution < -0.4 is 11.1 Å². The Kier molecular flexibility index (Phi) is 3.77. The summed E-state index contributed by atoms with van der Waals surface area (Å²) in [7, 11) is 0. The minimum Gasteiger partial charge on any atom is -0.412 e. The molecule has 1 amide bonds. The zero-order valence-corrected chi connectivity index (χ0v) is 11.5. The smallest absolute Gasteiger partial charge is 0.280 e. The summed E-state index contributed by atoms with van der Waals surface area (Å²) in [5, 5.41) is 6.79. The quantitative estimate of drug-likeness (QED) is 0.804. The number of rotatable bonds is 1. The first-order chi connectivity index (χ1) is 9.58. The van der Waals surface area contributed by atoms with E-state index >= 15 is 0 Å². The predicted molar refractivity (Wildman–Crippen MR) is 78.1 cm³/mol. The van der Waals surface area contributed by atoms with Crippen molar-refractivity contribution in [3.63, 3.8) is 0 Å². The van der Waals surface area contributed by atoms with Crippen molar-refractivity contribution >= 4 is 23.5 Å². The van der Waals surface area contributed by atoms with Gasteiger partial charge in [0.1, 0.15) is 5.82 Å². The molecule has 0 saturated carbocycles. The van der Waals surface area contributed by atoms with Crippen LogP contribution in [0.25, 0.3) is 0 Å². The van der Waals surface area contributed by atoms with E-state index < -0.39 is 0 Å². The SMILES string of the molecule is C[C@@H]1CC(=O)Nc2nn(C(=O)c3ccccc3)c(N)c21.O. The molecule has 21 heavy (non-hydrogen) atoms. The number of aromatic nitrogens is 2. The molecule has 0 unspecified atom stereocenters. The number of hydrogen-bond donors (Lipinski definition) is 2. The normalized spacial score (nSPS) is 16.6. The fourth-order valence-electron chi connectivity index (χ4n) is 2.44. The van der Waals surface area contributed by atoms with Crippen molar-refractivity contribution in [3.05, 3.63) is 41.5 Å². The summed E-state index contributed by atoms with van der Waals surface area (Å²) in [6.45, 7) is 1.90. The van der Waals surface area contributed by atoms with Crippen LogP contribution in [-0.4, -0.2) is 27.1 Å². The van der Waals surface area contributed by atoms with E-state index in [1.54, 1.807) is 24.3 Å². The van der Waals surface area contributed by atoms with E-state index in [1.807, 2.05) is 13.0 Å². The van der Waals surface area contributed by atoms with Gasteiger partial charge in [0.15, 0.2) is 5.82 Å². The summed E-state index contributed by atoms with van der Waals surface area (Å²) in [5.74, 6) is 0.216. The van der Waals surface area contributed by atoms with Crippen molar-refractivity contribution in [2.45, 2.75) is 19.3 Å². The number of hydrogen-bond acceptors (Lipinski definition) is 4. The Labute approximate surface area is 121 Å². The molecule has 0 aliphatic carbocycles. The van der Waals surface area contributed by atoms with Gasteiger partial charge < -0.3 is 16.5 Å². The van der Waals surface area contributed by atoms with Crippen LogP contribution in [0.1, 0.15) is 35.2 Å². The Morgan fingerprint density at radius 1 is 1.38 bits per heavy atom. The lowest BCUT2D eigenvalue weighted by molar-refractivity contribution is -0.116. The molecule has 1 atom stereocenters. The Morgan fingerprint density at radius 3 is 2.71 bits per heavy atom. The first-order valence-electron chi connectivity index (χ1n) is 6.36. The lowest BCUT2D eigenvalue weighted by Gasteiger charge is -2.17. The Hall–Kier alpha value is -2.67. The van der Waals surface area contributed by atoms with E-state index in [-0.39, 0.29) is 23.2 Å². The number of carbonyl (C=O) groups is 2. The van der Waals surface area contributed by atoms with Crippen LogP contribution >= 0.6 is 0 Å². The molecule has 0 saturated heterocycles. The average molecular weight is 288 g/mol. The van der Waals surface area contributed by atoms with E-state index in [4.69, 9.17) is 5.73 Å². The Morgan fingerprint density at radius 2 is 2.05 bits per heavy atom. The number of benzene rings is 1. The van der Waals surface area contributed by atoms with Gasteiger partial charge in [-0.05, 0) is 18.1 Å². The second-order valence-electron chi connectivity index (χ2n) is 4.88. The molecule has 1 aromatic carbocycles. The topological polar surface area (TPSA) is 122 Å². The molecule has 7 nitrogen and oxygen atoms in total. The predicted octanol–water partition coefficient (Wildman–Crippen LogP) is 0.775. The summed E-state index contributed by atoms with van der Waals surface area (Å²) < 4.78 is 1.15. The van der Waals surface area contributed by atoms with Crippen molar-refractivity contribution in [1.29, 1.82) is 0 Å². The van der Waals surface area contributed by atoms with Gasteiger partial charge in [-0.15, -0.1) is 5.10 Å². The second-order valence-corrected chi connectivity index (χ2v) is 4.88. The summed E-state index contributed by atoms with van der Waals surface area (Å²) in [6.07, 6.45) is 0.350. The highest BCUT2D eigenvalue weighted by atomic mass is 16.2. The van der Waals surface area contributed by atoms with Crippen molar-refractivity contribution in [2.24, 2.45) is 0 Å².